The lowest BCUT2D eigenvalue weighted by molar-refractivity contribution is -0.141. The van der Waals surface area contributed by atoms with Crippen LogP contribution in [0.2, 0.25) is 0 Å². The number of rotatable bonds is 3. The largest absolute Gasteiger partial charge is 0.491 e. The van der Waals surface area contributed by atoms with Crippen molar-refractivity contribution in [3.63, 3.8) is 0 Å². The second-order valence-corrected chi connectivity index (χ2v) is 8.46. The zero-order valence-electron chi connectivity index (χ0n) is 14.8. The van der Waals surface area contributed by atoms with Crippen LogP contribution in [0.4, 0.5) is 13.2 Å². The molecule has 0 saturated heterocycles. The Morgan fingerprint density at radius 3 is 2.64 bits per heavy atom. The van der Waals surface area contributed by atoms with E-state index in [-0.39, 0.29) is 33.3 Å². The number of ether oxygens (including phenoxy) is 1. The summed E-state index contributed by atoms with van der Waals surface area (Å²) in [6.45, 7) is 1.86. The van der Waals surface area contributed by atoms with Crippen LogP contribution in [0.25, 0.3) is 22.7 Å². The molecule has 0 atom stereocenters. The average Bonchev–Trinajstić information content (AvgIpc) is 3.23. The highest BCUT2D eigenvalue weighted by atomic mass is 32.2. The second-order valence-electron chi connectivity index (χ2n) is 6.21. The number of nitrogens with zero attached hydrogens (tertiary/aromatic N) is 5. The van der Waals surface area contributed by atoms with Crippen LogP contribution in [0, 0.1) is 0 Å². The number of pyridine rings is 1. The quantitative estimate of drug-likeness (QED) is 0.649. The van der Waals surface area contributed by atoms with Gasteiger partial charge in [0.15, 0.2) is 27.0 Å². The number of halogens is 3. The molecule has 0 unspecified atom stereocenters. The monoisotopic (exact) mass is 413 g/mol. The lowest BCUT2D eigenvalue weighted by Crippen LogP contribution is -2.10. The number of hydrogen-bond donors (Lipinski definition) is 0. The Bertz CT molecular complexity index is 1200. The van der Waals surface area contributed by atoms with E-state index in [4.69, 9.17) is 4.74 Å². The standard InChI is InChI=1S/C16H14F3N5O3S/c1-3-28(25,26)11-7-10-8(4-5-27-10)20-13(11)15-21-9-6-12(16(17,18)19)22-23-14(9)24(15)2/h6-7H,3-5H2,1-2H3. The van der Waals surface area contributed by atoms with E-state index in [1.165, 1.54) is 24.6 Å². The van der Waals surface area contributed by atoms with Crippen molar-refractivity contribution >= 4 is 21.0 Å². The van der Waals surface area contributed by atoms with Crippen LogP contribution in [-0.2, 0) is 29.5 Å². The number of hydrogen-bond acceptors (Lipinski definition) is 7. The van der Waals surface area contributed by atoms with E-state index in [1.807, 2.05) is 0 Å². The molecule has 4 heterocycles. The van der Waals surface area contributed by atoms with Gasteiger partial charge >= 0.3 is 6.18 Å². The topological polar surface area (TPSA) is 99.9 Å². The number of sulfone groups is 1. The van der Waals surface area contributed by atoms with Gasteiger partial charge in [-0.2, -0.15) is 13.2 Å². The Kier molecular flexibility index (Phi) is 4.07. The van der Waals surface area contributed by atoms with Crippen molar-refractivity contribution in [1.29, 1.82) is 0 Å². The van der Waals surface area contributed by atoms with E-state index >= 15 is 0 Å². The Morgan fingerprint density at radius 1 is 1.21 bits per heavy atom. The number of aryl methyl sites for hydroxylation is 1. The first-order chi connectivity index (χ1) is 13.1. The van der Waals surface area contributed by atoms with Gasteiger partial charge in [-0.05, 0) is 0 Å². The van der Waals surface area contributed by atoms with Crippen LogP contribution < -0.4 is 4.74 Å². The molecule has 0 radical (unpaired) electrons. The fourth-order valence-electron chi connectivity index (χ4n) is 2.97. The number of fused-ring (bicyclic) bond motifs is 2. The Labute approximate surface area is 157 Å². The third-order valence-electron chi connectivity index (χ3n) is 4.46. The molecule has 28 heavy (non-hydrogen) atoms. The van der Waals surface area contributed by atoms with Gasteiger partial charge in [0.2, 0.25) is 0 Å². The maximum atomic E-state index is 12.9. The zero-order chi connectivity index (χ0) is 20.3. The van der Waals surface area contributed by atoms with Crippen LogP contribution in [0.15, 0.2) is 17.0 Å². The summed E-state index contributed by atoms with van der Waals surface area (Å²) in [4.78, 5) is 8.51. The minimum atomic E-state index is -4.67. The van der Waals surface area contributed by atoms with Crippen molar-refractivity contribution in [2.75, 3.05) is 12.4 Å². The van der Waals surface area contributed by atoms with Crippen molar-refractivity contribution < 1.29 is 26.3 Å². The SMILES string of the molecule is CCS(=O)(=O)c1cc2c(nc1-c1nc3cc(C(F)(F)F)nnc3n1C)CCO2. The molecule has 0 spiro atoms. The molecule has 4 rings (SSSR count). The van der Waals surface area contributed by atoms with Crippen molar-refractivity contribution in [3.8, 4) is 17.3 Å². The van der Waals surface area contributed by atoms with E-state index in [0.717, 1.165) is 6.07 Å². The van der Waals surface area contributed by atoms with Crippen LogP contribution in [0.1, 0.15) is 18.3 Å². The first-order valence-electron chi connectivity index (χ1n) is 8.29. The third kappa shape index (κ3) is 2.87. The smallest absolute Gasteiger partial charge is 0.435 e. The van der Waals surface area contributed by atoms with E-state index in [2.05, 4.69) is 20.2 Å². The predicted molar refractivity (Wildman–Crippen MR) is 91.5 cm³/mol. The lowest BCUT2D eigenvalue weighted by Gasteiger charge is -2.10. The third-order valence-corrected chi connectivity index (χ3v) is 6.20. The summed E-state index contributed by atoms with van der Waals surface area (Å²) in [5, 5.41) is 6.80. The Balaban J connectivity index is 1.99. The number of alkyl halides is 3. The van der Waals surface area contributed by atoms with Gasteiger partial charge in [-0.15, -0.1) is 10.2 Å². The summed E-state index contributed by atoms with van der Waals surface area (Å²) in [6.07, 6.45) is -4.17. The highest BCUT2D eigenvalue weighted by Crippen LogP contribution is 2.35. The maximum Gasteiger partial charge on any atom is 0.435 e. The molecule has 0 aliphatic carbocycles. The molecule has 8 nitrogen and oxygen atoms in total. The van der Waals surface area contributed by atoms with Crippen LogP contribution in [0.5, 0.6) is 5.75 Å². The highest BCUT2D eigenvalue weighted by Gasteiger charge is 2.34. The summed E-state index contributed by atoms with van der Waals surface area (Å²) < 4.78 is 70.7. The van der Waals surface area contributed by atoms with Gasteiger partial charge < -0.3 is 9.30 Å². The van der Waals surface area contributed by atoms with Gasteiger partial charge in [-0.3, -0.25) is 0 Å². The summed E-state index contributed by atoms with van der Waals surface area (Å²) in [5.41, 5.74) is -0.527. The van der Waals surface area contributed by atoms with Crippen LogP contribution in [0.3, 0.4) is 0 Å². The fraction of sp³-hybridized carbons (Fsp3) is 0.375. The molecule has 0 bridgehead atoms. The van der Waals surface area contributed by atoms with Gasteiger partial charge in [-0.25, -0.2) is 18.4 Å². The Morgan fingerprint density at radius 2 is 1.96 bits per heavy atom. The molecule has 0 amide bonds. The summed E-state index contributed by atoms with van der Waals surface area (Å²) in [5.74, 6) is 0.293. The summed E-state index contributed by atoms with van der Waals surface area (Å²) in [6, 6.07) is 2.17. The molecule has 12 heteroatoms. The maximum absolute atomic E-state index is 12.9. The number of imidazole rings is 1. The molecule has 3 aromatic heterocycles. The molecule has 148 valence electrons. The minimum Gasteiger partial charge on any atom is -0.491 e. The summed E-state index contributed by atoms with van der Waals surface area (Å²) in [7, 11) is -2.18. The fourth-order valence-corrected chi connectivity index (χ4v) is 4.00. The highest BCUT2D eigenvalue weighted by molar-refractivity contribution is 7.91. The second kappa shape index (κ2) is 6.12. The first kappa shape index (κ1) is 18.6. The lowest BCUT2D eigenvalue weighted by atomic mass is 10.2. The number of aromatic nitrogens is 5. The molecular weight excluding hydrogens is 399 g/mol. The van der Waals surface area contributed by atoms with Gasteiger partial charge in [0.05, 0.1) is 18.1 Å². The predicted octanol–water partition coefficient (Wildman–Crippen LogP) is 2.17. The molecule has 0 N–H and O–H groups in total. The minimum absolute atomic E-state index is 0.0557. The van der Waals surface area contributed by atoms with E-state index in [1.54, 1.807) is 0 Å². The van der Waals surface area contributed by atoms with Crippen molar-refractivity contribution in [1.82, 2.24) is 24.7 Å². The molecular formula is C16H14F3N5O3S. The Hall–Kier alpha value is -2.76. The van der Waals surface area contributed by atoms with Crippen molar-refractivity contribution in [2.24, 2.45) is 7.05 Å². The molecule has 1 aliphatic heterocycles. The van der Waals surface area contributed by atoms with Gasteiger partial charge in [0.25, 0.3) is 0 Å². The average molecular weight is 413 g/mol. The van der Waals surface area contributed by atoms with E-state index in [9.17, 15) is 21.6 Å². The zero-order valence-corrected chi connectivity index (χ0v) is 15.6. The van der Waals surface area contributed by atoms with Gasteiger partial charge in [0, 0.05) is 25.6 Å². The summed E-state index contributed by atoms with van der Waals surface area (Å²) >= 11 is 0. The first-order valence-corrected chi connectivity index (χ1v) is 9.94. The molecule has 3 aromatic rings. The van der Waals surface area contributed by atoms with Crippen LogP contribution >= 0.6 is 0 Å². The molecule has 0 aromatic carbocycles. The van der Waals surface area contributed by atoms with E-state index < -0.39 is 21.7 Å². The van der Waals surface area contributed by atoms with Gasteiger partial charge in [-0.1, -0.05) is 6.92 Å². The molecule has 1 aliphatic rings. The van der Waals surface area contributed by atoms with Crippen LogP contribution in [-0.4, -0.2) is 45.5 Å². The molecule has 0 saturated carbocycles. The van der Waals surface area contributed by atoms with Gasteiger partial charge in [0.1, 0.15) is 21.9 Å². The van der Waals surface area contributed by atoms with Crippen molar-refractivity contribution in [3.05, 3.63) is 23.5 Å². The van der Waals surface area contributed by atoms with Crippen molar-refractivity contribution in [2.45, 2.75) is 24.4 Å². The molecule has 0 fully saturated rings. The normalized spacial score (nSPS) is 14.3. The van der Waals surface area contributed by atoms with E-state index in [0.29, 0.717) is 24.5 Å².